The summed E-state index contributed by atoms with van der Waals surface area (Å²) in [6, 6.07) is 4.96. The fourth-order valence-electron chi connectivity index (χ4n) is 1.60. The largest absolute Gasteiger partial charge is 0.207 e. The molecule has 1 aliphatic rings. The molecule has 0 saturated carbocycles. The van der Waals surface area contributed by atoms with Gasteiger partial charge in [0.15, 0.2) is 0 Å². The van der Waals surface area contributed by atoms with E-state index >= 15 is 0 Å². The molecule has 1 aliphatic carbocycles. The third-order valence-electron chi connectivity index (χ3n) is 2.40. The Morgan fingerprint density at radius 1 is 1.21 bits per heavy atom. The molecule has 2 aromatic rings. The van der Waals surface area contributed by atoms with Gasteiger partial charge < -0.3 is 0 Å². The number of allylic oxidation sites excluding steroid dienone is 4. The maximum atomic E-state index is 12.9. The second-order valence-corrected chi connectivity index (χ2v) is 4.18. The molecule has 1 aromatic carbocycles. The first-order valence-electron chi connectivity index (χ1n) is 4.40. The Bertz CT molecular complexity index is 561. The van der Waals surface area contributed by atoms with Gasteiger partial charge in [0.25, 0.3) is 0 Å². The highest BCUT2D eigenvalue weighted by Crippen LogP contribution is 2.34. The minimum Gasteiger partial charge on any atom is -0.207 e. The molecule has 0 N–H and O–H groups in total. The van der Waals surface area contributed by atoms with Gasteiger partial charge in [-0.1, -0.05) is 24.3 Å². The van der Waals surface area contributed by atoms with Crippen LogP contribution in [0.15, 0.2) is 41.8 Å². The maximum absolute atomic E-state index is 12.9. The van der Waals surface area contributed by atoms with Crippen LogP contribution in [0.3, 0.4) is 0 Å². The van der Waals surface area contributed by atoms with E-state index in [1.807, 2.05) is 12.1 Å². The van der Waals surface area contributed by atoms with Gasteiger partial charge in [-0.25, -0.2) is 4.39 Å². The summed E-state index contributed by atoms with van der Waals surface area (Å²) in [5.41, 5.74) is 2.45. The van der Waals surface area contributed by atoms with E-state index in [-0.39, 0.29) is 5.82 Å². The minimum atomic E-state index is -0.163. The van der Waals surface area contributed by atoms with Crippen LogP contribution in [-0.4, -0.2) is 0 Å². The summed E-state index contributed by atoms with van der Waals surface area (Å²) >= 11 is 1.59. The number of hydrogen-bond donors (Lipinski definition) is 0. The molecule has 0 radical (unpaired) electrons. The van der Waals surface area contributed by atoms with Gasteiger partial charge in [-0.15, -0.1) is 11.3 Å². The van der Waals surface area contributed by atoms with Gasteiger partial charge in [-0.3, -0.25) is 0 Å². The number of benzene rings is 1. The van der Waals surface area contributed by atoms with Crippen molar-refractivity contribution in [2.75, 3.05) is 0 Å². The van der Waals surface area contributed by atoms with Crippen molar-refractivity contribution >= 4 is 27.0 Å². The van der Waals surface area contributed by atoms with Crippen LogP contribution >= 0.6 is 11.3 Å². The molecule has 2 heteroatoms. The lowest BCUT2D eigenvalue weighted by molar-refractivity contribution is 0.630. The van der Waals surface area contributed by atoms with Crippen molar-refractivity contribution in [1.82, 2.24) is 0 Å². The first kappa shape index (κ1) is 7.94. The predicted octanol–water partition coefficient (Wildman–Crippen LogP) is 3.99. The molecule has 3 rings (SSSR count). The third-order valence-corrected chi connectivity index (χ3v) is 3.35. The minimum absolute atomic E-state index is 0.163. The standard InChI is InChI=1S/C12H7FS/c13-9-4-5-10-11(8-2-1-3-8)7-14-12(10)6-9/h1-7H. The van der Waals surface area contributed by atoms with Gasteiger partial charge in [0.2, 0.25) is 0 Å². The normalized spacial score (nSPS) is 14.2. The second-order valence-electron chi connectivity index (χ2n) is 3.27. The SMILES string of the molecule is Fc1ccc2c(C3=CC=C3)csc2c1. The lowest BCUT2D eigenvalue weighted by Gasteiger charge is -2.05. The van der Waals surface area contributed by atoms with Crippen molar-refractivity contribution in [3.8, 4) is 0 Å². The van der Waals surface area contributed by atoms with Crippen LogP contribution < -0.4 is 0 Å². The summed E-state index contributed by atoms with van der Waals surface area (Å²) < 4.78 is 13.9. The van der Waals surface area contributed by atoms with E-state index < -0.39 is 0 Å². The molecule has 0 bridgehead atoms. The molecule has 68 valence electrons. The number of fused-ring (bicyclic) bond motifs is 1. The zero-order valence-corrected chi connectivity index (χ0v) is 8.14. The number of thiophene rings is 1. The molecule has 0 amide bonds. The first-order chi connectivity index (χ1) is 6.84. The van der Waals surface area contributed by atoms with Crippen LogP contribution in [0.5, 0.6) is 0 Å². The van der Waals surface area contributed by atoms with Crippen molar-refractivity contribution in [2.45, 2.75) is 0 Å². The monoisotopic (exact) mass is 202 g/mol. The summed E-state index contributed by atoms with van der Waals surface area (Å²) in [5.74, 6) is -0.163. The molecule has 0 atom stereocenters. The Morgan fingerprint density at radius 2 is 2.07 bits per heavy atom. The molecule has 0 unspecified atom stereocenters. The van der Waals surface area contributed by atoms with Crippen LogP contribution in [0, 0.1) is 5.82 Å². The van der Waals surface area contributed by atoms with Crippen molar-refractivity contribution in [1.29, 1.82) is 0 Å². The highest BCUT2D eigenvalue weighted by Gasteiger charge is 2.09. The molecule has 0 aliphatic heterocycles. The van der Waals surface area contributed by atoms with Gasteiger partial charge in [-0.2, -0.15) is 0 Å². The molecule has 0 fully saturated rings. The zero-order valence-electron chi connectivity index (χ0n) is 7.33. The molecule has 0 spiro atoms. The van der Waals surface area contributed by atoms with Crippen LogP contribution in [0.2, 0.25) is 0 Å². The fraction of sp³-hybridized carbons (Fsp3) is 0. The Morgan fingerprint density at radius 3 is 2.79 bits per heavy atom. The zero-order chi connectivity index (χ0) is 9.54. The third kappa shape index (κ3) is 1.04. The molecule has 0 saturated heterocycles. The lowest BCUT2D eigenvalue weighted by Crippen LogP contribution is -1.83. The highest BCUT2D eigenvalue weighted by molar-refractivity contribution is 7.17. The summed E-state index contributed by atoms with van der Waals surface area (Å²) in [4.78, 5) is 0. The van der Waals surface area contributed by atoms with E-state index in [4.69, 9.17) is 0 Å². The van der Waals surface area contributed by atoms with Crippen molar-refractivity contribution in [3.63, 3.8) is 0 Å². The van der Waals surface area contributed by atoms with Crippen LogP contribution in [0.1, 0.15) is 5.56 Å². The van der Waals surface area contributed by atoms with E-state index in [9.17, 15) is 4.39 Å². The van der Waals surface area contributed by atoms with Crippen LogP contribution in [0.25, 0.3) is 15.7 Å². The Hall–Kier alpha value is -1.41. The van der Waals surface area contributed by atoms with Crippen molar-refractivity contribution in [3.05, 3.63) is 53.2 Å². The molecule has 1 heterocycles. The maximum Gasteiger partial charge on any atom is 0.124 e. The molecular formula is C12H7FS. The topological polar surface area (TPSA) is 0 Å². The summed E-state index contributed by atoms with van der Waals surface area (Å²) in [6.45, 7) is 0. The van der Waals surface area contributed by atoms with Gasteiger partial charge in [-0.05, 0) is 23.1 Å². The Kier molecular flexibility index (Phi) is 1.58. The summed E-state index contributed by atoms with van der Waals surface area (Å²) in [7, 11) is 0. The second kappa shape index (κ2) is 2.79. The summed E-state index contributed by atoms with van der Waals surface area (Å²) in [6.07, 6.45) is 6.16. The molecule has 1 aromatic heterocycles. The highest BCUT2D eigenvalue weighted by atomic mass is 32.1. The van der Waals surface area contributed by atoms with E-state index in [0.29, 0.717) is 0 Å². The smallest absolute Gasteiger partial charge is 0.124 e. The van der Waals surface area contributed by atoms with E-state index in [2.05, 4.69) is 17.5 Å². The predicted molar refractivity (Wildman–Crippen MR) is 58.9 cm³/mol. The van der Waals surface area contributed by atoms with E-state index in [0.717, 1.165) is 10.1 Å². The first-order valence-corrected chi connectivity index (χ1v) is 5.28. The van der Waals surface area contributed by atoms with Crippen LogP contribution in [-0.2, 0) is 0 Å². The number of rotatable bonds is 1. The lowest BCUT2D eigenvalue weighted by atomic mass is 9.99. The van der Waals surface area contributed by atoms with Crippen molar-refractivity contribution in [2.24, 2.45) is 0 Å². The fourth-order valence-corrected chi connectivity index (χ4v) is 2.59. The number of hydrogen-bond acceptors (Lipinski definition) is 1. The average Bonchev–Trinajstić information content (AvgIpc) is 2.45. The summed E-state index contributed by atoms with van der Waals surface area (Å²) in [5, 5.41) is 3.23. The van der Waals surface area contributed by atoms with Gasteiger partial charge in [0, 0.05) is 15.6 Å². The molecule has 14 heavy (non-hydrogen) atoms. The Labute approximate surface area is 85.0 Å². The van der Waals surface area contributed by atoms with E-state index in [1.54, 1.807) is 17.4 Å². The van der Waals surface area contributed by atoms with Gasteiger partial charge >= 0.3 is 0 Å². The number of halogens is 1. The Balaban J connectivity index is 2.26. The molecular weight excluding hydrogens is 195 g/mol. The van der Waals surface area contributed by atoms with Crippen molar-refractivity contribution < 1.29 is 4.39 Å². The average molecular weight is 202 g/mol. The van der Waals surface area contributed by atoms with Crippen LogP contribution in [0.4, 0.5) is 4.39 Å². The van der Waals surface area contributed by atoms with E-state index in [1.165, 1.54) is 17.2 Å². The van der Waals surface area contributed by atoms with Gasteiger partial charge in [0.1, 0.15) is 5.82 Å². The van der Waals surface area contributed by atoms with Gasteiger partial charge in [0.05, 0.1) is 0 Å². The molecule has 0 nitrogen and oxygen atoms in total. The quantitative estimate of drug-likeness (QED) is 0.655.